The fraction of sp³-hybridized carbons (Fsp3) is 0.0909. The Hall–Kier alpha value is -4.10. The number of rotatable bonds is 0. The Balaban J connectivity index is 1.35. The zero-order valence-electron chi connectivity index (χ0n) is 18.7. The first-order chi connectivity index (χ1) is 16.9. The third-order valence-corrected chi connectivity index (χ3v) is 8.47. The summed E-state index contributed by atoms with van der Waals surface area (Å²) in [7, 11) is 0. The van der Waals surface area contributed by atoms with Gasteiger partial charge in [-0.2, -0.15) is 0 Å². The van der Waals surface area contributed by atoms with Crippen molar-refractivity contribution in [1.82, 2.24) is 4.57 Å². The summed E-state index contributed by atoms with van der Waals surface area (Å²) in [6.45, 7) is 0. The third-order valence-electron chi connectivity index (χ3n) is 8.47. The molecule has 158 valence electrons. The maximum absolute atomic E-state index is 2.53. The smallest absolute Gasteiger partial charge is 0.0576 e. The molecule has 9 rings (SSSR count). The summed E-state index contributed by atoms with van der Waals surface area (Å²) in [5.74, 6) is 0. The molecule has 6 aromatic rings. The maximum Gasteiger partial charge on any atom is 0.0576 e. The molecule has 0 radical (unpaired) electrons. The van der Waals surface area contributed by atoms with Gasteiger partial charge in [0.15, 0.2) is 0 Å². The highest BCUT2D eigenvalue weighted by Crippen LogP contribution is 2.51. The molecule has 1 aromatic heterocycles. The Kier molecular flexibility index (Phi) is 3.00. The van der Waals surface area contributed by atoms with Gasteiger partial charge in [0, 0.05) is 17.2 Å². The number of para-hydroxylation sites is 2. The van der Waals surface area contributed by atoms with Crippen LogP contribution in [0, 0.1) is 0 Å². The number of hydrogen-bond donors (Lipinski definition) is 0. The molecule has 0 saturated carbocycles. The molecule has 0 bridgehead atoms. The molecular formula is C33H21N. The zero-order chi connectivity index (χ0) is 22.0. The van der Waals surface area contributed by atoms with E-state index in [0.717, 1.165) is 19.3 Å². The van der Waals surface area contributed by atoms with Gasteiger partial charge >= 0.3 is 0 Å². The Labute approximate surface area is 197 Å². The van der Waals surface area contributed by atoms with Crippen LogP contribution in [0.25, 0.3) is 49.7 Å². The Morgan fingerprint density at radius 2 is 1.21 bits per heavy atom. The number of benzene rings is 5. The Morgan fingerprint density at radius 1 is 0.471 bits per heavy atom. The van der Waals surface area contributed by atoms with E-state index in [1.807, 2.05) is 0 Å². The second-order valence-corrected chi connectivity index (χ2v) is 10.1. The predicted octanol–water partition coefficient (Wildman–Crippen LogP) is 7.83. The molecule has 1 heteroatoms. The van der Waals surface area contributed by atoms with E-state index in [9.17, 15) is 0 Å². The number of nitrogens with zero attached hydrogens (tertiary/aromatic N) is 1. The van der Waals surface area contributed by atoms with Crippen LogP contribution in [0.2, 0.25) is 0 Å². The third kappa shape index (κ3) is 1.94. The summed E-state index contributed by atoms with van der Waals surface area (Å²) in [5, 5.41) is 2.72. The summed E-state index contributed by atoms with van der Waals surface area (Å²) < 4.78 is 2.53. The van der Waals surface area contributed by atoms with E-state index in [-0.39, 0.29) is 0 Å². The van der Waals surface area contributed by atoms with Gasteiger partial charge in [0.25, 0.3) is 0 Å². The van der Waals surface area contributed by atoms with Crippen LogP contribution in [0.15, 0.2) is 91.0 Å². The second kappa shape index (κ2) is 5.87. The largest absolute Gasteiger partial charge is 0.309 e. The van der Waals surface area contributed by atoms with E-state index in [0.29, 0.717) is 0 Å². The van der Waals surface area contributed by atoms with Crippen molar-refractivity contribution in [3.8, 4) is 27.9 Å². The van der Waals surface area contributed by atoms with Gasteiger partial charge in [0.1, 0.15) is 0 Å². The fourth-order valence-corrected chi connectivity index (χ4v) is 7.11. The lowest BCUT2D eigenvalue weighted by atomic mass is 9.89. The maximum atomic E-state index is 2.53. The minimum absolute atomic E-state index is 1.01. The minimum atomic E-state index is 1.01. The van der Waals surface area contributed by atoms with Crippen molar-refractivity contribution in [3.05, 3.63) is 124 Å². The molecule has 34 heavy (non-hydrogen) atoms. The predicted molar refractivity (Wildman–Crippen MR) is 140 cm³/mol. The number of aromatic nitrogens is 1. The van der Waals surface area contributed by atoms with Crippen LogP contribution in [0.5, 0.6) is 0 Å². The zero-order valence-corrected chi connectivity index (χ0v) is 18.7. The quantitative estimate of drug-likeness (QED) is 0.231. The summed E-state index contributed by atoms with van der Waals surface area (Å²) in [4.78, 5) is 0. The monoisotopic (exact) mass is 431 g/mol. The summed E-state index contributed by atoms with van der Waals surface area (Å²) in [6.07, 6.45) is 3.10. The van der Waals surface area contributed by atoms with Crippen LogP contribution in [0.3, 0.4) is 0 Å². The first-order valence-corrected chi connectivity index (χ1v) is 12.3. The van der Waals surface area contributed by atoms with Gasteiger partial charge in [0.05, 0.1) is 16.7 Å². The van der Waals surface area contributed by atoms with Crippen molar-refractivity contribution >= 4 is 21.8 Å². The van der Waals surface area contributed by atoms with E-state index in [1.54, 1.807) is 0 Å². The Morgan fingerprint density at radius 3 is 2.18 bits per heavy atom. The average molecular weight is 432 g/mol. The van der Waals surface area contributed by atoms with Gasteiger partial charge in [0.2, 0.25) is 0 Å². The van der Waals surface area contributed by atoms with Crippen LogP contribution in [-0.4, -0.2) is 4.57 Å². The molecule has 2 aliphatic carbocycles. The molecule has 5 aromatic carbocycles. The highest BCUT2D eigenvalue weighted by molar-refractivity contribution is 6.11. The fourth-order valence-electron chi connectivity index (χ4n) is 7.11. The first kappa shape index (κ1) is 17.4. The van der Waals surface area contributed by atoms with Gasteiger partial charge in [-0.05, 0) is 80.6 Å². The van der Waals surface area contributed by atoms with Crippen molar-refractivity contribution in [1.29, 1.82) is 0 Å². The van der Waals surface area contributed by atoms with Gasteiger partial charge in [-0.3, -0.25) is 0 Å². The molecule has 0 spiro atoms. The molecule has 0 saturated heterocycles. The molecule has 2 heterocycles. The van der Waals surface area contributed by atoms with E-state index >= 15 is 0 Å². The van der Waals surface area contributed by atoms with Gasteiger partial charge < -0.3 is 4.57 Å². The lowest BCUT2D eigenvalue weighted by Gasteiger charge is -2.23. The van der Waals surface area contributed by atoms with Crippen molar-refractivity contribution in [2.75, 3.05) is 0 Å². The minimum Gasteiger partial charge on any atom is -0.309 e. The van der Waals surface area contributed by atoms with Gasteiger partial charge in [-0.15, -0.1) is 0 Å². The number of fused-ring (bicyclic) bond motifs is 13. The van der Waals surface area contributed by atoms with Crippen molar-refractivity contribution < 1.29 is 0 Å². The first-order valence-electron chi connectivity index (χ1n) is 12.3. The van der Waals surface area contributed by atoms with Crippen LogP contribution in [0.4, 0.5) is 0 Å². The highest BCUT2D eigenvalue weighted by atomic mass is 15.0. The molecular weight excluding hydrogens is 410 g/mol. The SMILES string of the molecule is c1ccc2c(c1)Cc1ccc3c(c1-2)-c1ccc2c(c1C3)Cc1cccc3c4ccccc4n-2c13. The van der Waals surface area contributed by atoms with Crippen LogP contribution >= 0.6 is 0 Å². The van der Waals surface area contributed by atoms with Crippen LogP contribution in [0.1, 0.15) is 33.4 Å². The van der Waals surface area contributed by atoms with E-state index in [2.05, 4.69) is 95.6 Å². The van der Waals surface area contributed by atoms with Crippen molar-refractivity contribution in [3.63, 3.8) is 0 Å². The summed E-state index contributed by atoms with van der Waals surface area (Å²) in [5.41, 5.74) is 18.9. The Bertz CT molecular complexity index is 1880. The molecule has 1 aliphatic heterocycles. The van der Waals surface area contributed by atoms with Crippen molar-refractivity contribution in [2.24, 2.45) is 0 Å². The lowest BCUT2D eigenvalue weighted by molar-refractivity contribution is 1.02. The standard InChI is InChI=1S/C33H21N/c1-2-8-23-19(6-1)16-20-12-13-21-17-27-25(32(21)31(20)23)14-15-30-28(27)18-22-7-5-10-26-24-9-3-4-11-29(24)34(30)33(22)26/h1-15H,16-18H2. The average Bonchev–Trinajstić information content (AvgIpc) is 3.55. The summed E-state index contributed by atoms with van der Waals surface area (Å²) >= 11 is 0. The van der Waals surface area contributed by atoms with E-state index in [1.165, 1.54) is 83.1 Å². The van der Waals surface area contributed by atoms with E-state index < -0.39 is 0 Å². The number of hydrogen-bond acceptors (Lipinski definition) is 0. The molecule has 0 amide bonds. The van der Waals surface area contributed by atoms with Crippen LogP contribution in [-0.2, 0) is 19.3 Å². The topological polar surface area (TPSA) is 4.93 Å². The van der Waals surface area contributed by atoms with Gasteiger partial charge in [-0.25, -0.2) is 0 Å². The molecule has 0 atom stereocenters. The molecule has 0 unspecified atom stereocenters. The van der Waals surface area contributed by atoms with Crippen molar-refractivity contribution in [2.45, 2.75) is 19.3 Å². The van der Waals surface area contributed by atoms with Crippen LogP contribution < -0.4 is 0 Å². The normalized spacial score (nSPS) is 14.1. The molecule has 3 aliphatic rings. The van der Waals surface area contributed by atoms with Gasteiger partial charge in [-0.1, -0.05) is 78.9 Å². The highest BCUT2D eigenvalue weighted by Gasteiger charge is 2.32. The lowest BCUT2D eigenvalue weighted by Crippen LogP contribution is -2.10. The molecule has 0 fully saturated rings. The molecule has 1 nitrogen and oxygen atoms in total. The van der Waals surface area contributed by atoms with E-state index in [4.69, 9.17) is 0 Å². The summed E-state index contributed by atoms with van der Waals surface area (Å²) in [6, 6.07) is 34.3. The molecule has 0 N–H and O–H groups in total. The second-order valence-electron chi connectivity index (χ2n) is 10.1.